The smallest absolute Gasteiger partial charge is 0.411 e. The first-order valence-corrected chi connectivity index (χ1v) is 8.12. The van der Waals surface area contributed by atoms with Gasteiger partial charge in [0.1, 0.15) is 0 Å². The molecule has 0 spiro atoms. The summed E-state index contributed by atoms with van der Waals surface area (Å²) in [5, 5.41) is 8.56. The second-order valence-corrected chi connectivity index (χ2v) is 5.94. The zero-order chi connectivity index (χ0) is 16.8. The van der Waals surface area contributed by atoms with Gasteiger partial charge in [-0.3, -0.25) is 5.32 Å². The second kappa shape index (κ2) is 7.85. The minimum absolute atomic E-state index is 0.208. The zero-order valence-corrected chi connectivity index (χ0v) is 13.9. The van der Waals surface area contributed by atoms with Crippen molar-refractivity contribution in [1.82, 2.24) is 5.32 Å². The summed E-state index contributed by atoms with van der Waals surface area (Å²) in [6, 6.07) is 5.39. The predicted molar refractivity (Wildman–Crippen MR) is 90.8 cm³/mol. The molecule has 3 amide bonds. The number of ether oxygens (including phenoxy) is 1. The predicted octanol–water partition coefficient (Wildman–Crippen LogP) is 3.87. The molecule has 23 heavy (non-hydrogen) atoms. The van der Waals surface area contributed by atoms with E-state index >= 15 is 0 Å². The number of urea groups is 1. The van der Waals surface area contributed by atoms with Crippen LogP contribution in [-0.2, 0) is 4.74 Å². The Bertz CT molecular complexity index is 574. The standard InChI is InChI=1S/C17H25N3O3/c1-4-23-17(22)20-15-10-6-9-14(12(15)3)19-16(21)18-13-8-5-7-11(13)2/h6,9-11,13H,4-5,7-8H2,1-3H3,(H,20,22)(H2,18,19,21)/t11-,13-/m1/s1. The third-order valence-electron chi connectivity index (χ3n) is 4.27. The molecule has 6 nitrogen and oxygen atoms in total. The first kappa shape index (κ1) is 17.1. The van der Waals surface area contributed by atoms with Crippen molar-refractivity contribution in [1.29, 1.82) is 0 Å². The van der Waals surface area contributed by atoms with Crippen LogP contribution in [0.5, 0.6) is 0 Å². The Kier molecular flexibility index (Phi) is 5.84. The number of carbonyl (C=O) groups is 2. The molecular weight excluding hydrogens is 294 g/mol. The number of nitrogens with one attached hydrogen (secondary N) is 3. The first-order valence-electron chi connectivity index (χ1n) is 8.12. The van der Waals surface area contributed by atoms with Gasteiger partial charge in [0, 0.05) is 17.4 Å². The van der Waals surface area contributed by atoms with E-state index in [1.807, 2.05) is 13.0 Å². The first-order chi connectivity index (χ1) is 11.0. The number of hydrogen-bond acceptors (Lipinski definition) is 3. The van der Waals surface area contributed by atoms with Gasteiger partial charge in [0.05, 0.1) is 6.61 Å². The topological polar surface area (TPSA) is 79.5 Å². The molecule has 1 fully saturated rings. The van der Waals surface area contributed by atoms with Gasteiger partial charge in [0.2, 0.25) is 0 Å². The van der Waals surface area contributed by atoms with Crippen molar-refractivity contribution in [3.8, 4) is 0 Å². The molecule has 3 N–H and O–H groups in total. The molecule has 0 radical (unpaired) electrons. The summed E-state index contributed by atoms with van der Waals surface area (Å²) in [4.78, 5) is 23.7. The van der Waals surface area contributed by atoms with E-state index in [9.17, 15) is 9.59 Å². The van der Waals surface area contributed by atoms with Gasteiger partial charge in [0.25, 0.3) is 0 Å². The van der Waals surface area contributed by atoms with Crippen LogP contribution in [0.3, 0.4) is 0 Å². The molecule has 0 saturated heterocycles. The minimum atomic E-state index is -0.503. The molecule has 126 valence electrons. The zero-order valence-electron chi connectivity index (χ0n) is 13.9. The number of carbonyl (C=O) groups excluding carboxylic acids is 2. The van der Waals surface area contributed by atoms with Crippen molar-refractivity contribution in [2.24, 2.45) is 5.92 Å². The average molecular weight is 319 g/mol. The lowest BCUT2D eigenvalue weighted by atomic mass is 10.1. The number of anilines is 2. The van der Waals surface area contributed by atoms with Gasteiger partial charge < -0.3 is 15.4 Å². The maximum Gasteiger partial charge on any atom is 0.411 e. The quantitative estimate of drug-likeness (QED) is 0.788. The van der Waals surface area contributed by atoms with Crippen molar-refractivity contribution in [3.63, 3.8) is 0 Å². The molecule has 1 aromatic carbocycles. The van der Waals surface area contributed by atoms with Gasteiger partial charge in [-0.1, -0.05) is 19.4 Å². The Balaban J connectivity index is 1.99. The van der Waals surface area contributed by atoms with E-state index in [1.54, 1.807) is 19.1 Å². The third kappa shape index (κ3) is 4.61. The SMILES string of the molecule is CCOC(=O)Nc1cccc(NC(=O)N[C@@H]2CCC[C@H]2C)c1C. The molecule has 1 saturated carbocycles. The molecule has 0 aliphatic heterocycles. The van der Waals surface area contributed by atoms with E-state index in [-0.39, 0.29) is 12.1 Å². The van der Waals surface area contributed by atoms with Crippen molar-refractivity contribution in [2.75, 3.05) is 17.2 Å². The largest absolute Gasteiger partial charge is 0.450 e. The number of amides is 3. The van der Waals surface area contributed by atoms with Crippen LogP contribution < -0.4 is 16.0 Å². The van der Waals surface area contributed by atoms with Gasteiger partial charge >= 0.3 is 12.1 Å². The van der Waals surface area contributed by atoms with Crippen LogP contribution in [0, 0.1) is 12.8 Å². The third-order valence-corrected chi connectivity index (χ3v) is 4.27. The maximum absolute atomic E-state index is 12.2. The number of hydrogen-bond donors (Lipinski definition) is 3. The van der Waals surface area contributed by atoms with E-state index in [0.29, 0.717) is 23.9 Å². The Morgan fingerprint density at radius 2 is 1.91 bits per heavy atom. The van der Waals surface area contributed by atoms with E-state index in [1.165, 1.54) is 0 Å². The Morgan fingerprint density at radius 1 is 1.22 bits per heavy atom. The van der Waals surface area contributed by atoms with Crippen molar-refractivity contribution in [3.05, 3.63) is 23.8 Å². The monoisotopic (exact) mass is 319 g/mol. The van der Waals surface area contributed by atoms with Gasteiger partial charge in [-0.25, -0.2) is 9.59 Å². The fraction of sp³-hybridized carbons (Fsp3) is 0.529. The van der Waals surface area contributed by atoms with Crippen LogP contribution in [0.25, 0.3) is 0 Å². The highest BCUT2D eigenvalue weighted by molar-refractivity contribution is 5.93. The highest BCUT2D eigenvalue weighted by Gasteiger charge is 2.24. The van der Waals surface area contributed by atoms with E-state index in [2.05, 4.69) is 22.9 Å². The molecule has 1 aliphatic carbocycles. The fourth-order valence-corrected chi connectivity index (χ4v) is 2.87. The van der Waals surface area contributed by atoms with E-state index < -0.39 is 6.09 Å². The summed E-state index contributed by atoms with van der Waals surface area (Å²) >= 11 is 0. The molecular formula is C17H25N3O3. The van der Waals surface area contributed by atoms with Gasteiger partial charge in [-0.15, -0.1) is 0 Å². The van der Waals surface area contributed by atoms with Gasteiger partial charge in [-0.05, 0) is 50.3 Å². The van der Waals surface area contributed by atoms with Crippen molar-refractivity contribution >= 4 is 23.5 Å². The van der Waals surface area contributed by atoms with Crippen molar-refractivity contribution in [2.45, 2.75) is 46.1 Å². The number of rotatable bonds is 4. The fourth-order valence-electron chi connectivity index (χ4n) is 2.87. The van der Waals surface area contributed by atoms with Gasteiger partial charge in [0.15, 0.2) is 0 Å². The Morgan fingerprint density at radius 3 is 2.52 bits per heavy atom. The Labute approximate surface area is 137 Å². The normalized spacial score (nSPS) is 20.0. The van der Waals surface area contributed by atoms with Crippen molar-refractivity contribution < 1.29 is 14.3 Å². The summed E-state index contributed by atoms with van der Waals surface area (Å²) in [6.45, 7) is 6.06. The van der Waals surface area contributed by atoms with Gasteiger partial charge in [-0.2, -0.15) is 0 Å². The van der Waals surface area contributed by atoms with Crippen LogP contribution in [0.2, 0.25) is 0 Å². The van der Waals surface area contributed by atoms with E-state index in [0.717, 1.165) is 24.8 Å². The highest BCUT2D eigenvalue weighted by Crippen LogP contribution is 2.26. The number of benzene rings is 1. The molecule has 6 heteroatoms. The van der Waals surface area contributed by atoms with E-state index in [4.69, 9.17) is 4.74 Å². The molecule has 0 unspecified atom stereocenters. The second-order valence-electron chi connectivity index (χ2n) is 5.94. The molecule has 2 atom stereocenters. The summed E-state index contributed by atoms with van der Waals surface area (Å²) in [5.41, 5.74) is 2.08. The molecule has 0 bridgehead atoms. The average Bonchev–Trinajstić information content (AvgIpc) is 2.89. The summed E-state index contributed by atoms with van der Waals surface area (Å²) < 4.78 is 4.87. The van der Waals surface area contributed by atoms with Crippen LogP contribution in [0.4, 0.5) is 21.0 Å². The molecule has 1 aliphatic rings. The minimum Gasteiger partial charge on any atom is -0.450 e. The molecule has 0 aromatic heterocycles. The highest BCUT2D eigenvalue weighted by atomic mass is 16.5. The Hall–Kier alpha value is -2.24. The van der Waals surface area contributed by atoms with Crippen LogP contribution in [0.1, 0.15) is 38.7 Å². The molecule has 0 heterocycles. The summed E-state index contributed by atoms with van der Waals surface area (Å²) in [6.07, 6.45) is 2.84. The van der Waals surface area contributed by atoms with Crippen LogP contribution >= 0.6 is 0 Å². The maximum atomic E-state index is 12.2. The van der Waals surface area contributed by atoms with Crippen LogP contribution in [0.15, 0.2) is 18.2 Å². The summed E-state index contributed by atoms with van der Waals surface area (Å²) in [5.74, 6) is 0.513. The summed E-state index contributed by atoms with van der Waals surface area (Å²) in [7, 11) is 0. The molecule has 1 aromatic rings. The lowest BCUT2D eigenvalue weighted by Gasteiger charge is -2.19. The lowest BCUT2D eigenvalue weighted by Crippen LogP contribution is -2.39. The van der Waals surface area contributed by atoms with Crippen LogP contribution in [-0.4, -0.2) is 24.8 Å². The lowest BCUT2D eigenvalue weighted by molar-refractivity contribution is 0.168. The molecule has 2 rings (SSSR count).